The van der Waals surface area contributed by atoms with Crippen LogP contribution in [-0.2, 0) is 9.53 Å². The number of carbonyl (C=O) groups excluding carboxylic acids is 1. The highest BCUT2D eigenvalue weighted by molar-refractivity contribution is 5.37. The first-order valence-electron chi connectivity index (χ1n) is 8.72. The van der Waals surface area contributed by atoms with Crippen molar-refractivity contribution in [1.82, 2.24) is 0 Å². The predicted octanol–water partition coefficient (Wildman–Crippen LogP) is 4.89. The molecule has 1 unspecified atom stereocenters. The lowest BCUT2D eigenvalue weighted by Gasteiger charge is -2.34. The van der Waals surface area contributed by atoms with E-state index in [0.717, 1.165) is 17.6 Å². The molecule has 0 aliphatic heterocycles. The van der Waals surface area contributed by atoms with Crippen molar-refractivity contribution in [3.63, 3.8) is 0 Å². The van der Waals surface area contributed by atoms with Gasteiger partial charge in [0.25, 0.3) is 6.47 Å². The van der Waals surface area contributed by atoms with E-state index < -0.39 is 6.10 Å². The van der Waals surface area contributed by atoms with Crippen molar-refractivity contribution in [3.05, 3.63) is 46.6 Å². The summed E-state index contributed by atoms with van der Waals surface area (Å²) in [6.45, 7) is 11.4. The van der Waals surface area contributed by atoms with Gasteiger partial charge in [0, 0.05) is 0 Å². The second kappa shape index (κ2) is 9.63. The molecule has 0 amide bonds. The standard InChI is InChI=1S/C21H32O3/c1-16(12-14-24-15-22)8-11-20(23)18(3)9-10-19-17(2)7-6-13-21(19,4)5/h8-9,11-12,15,20,23H,6-7,10,13-14H2,1-5H3/b11-8-,16-12-,18-9+. The third-order valence-corrected chi connectivity index (χ3v) is 4.89. The molecule has 3 nitrogen and oxygen atoms in total. The number of aliphatic hydroxyl groups excluding tert-OH is 1. The summed E-state index contributed by atoms with van der Waals surface area (Å²) in [6, 6.07) is 0. The SMILES string of the molecule is CC1=C(C/C=C(\C)C(O)/C=C\C(C)=C/COC=O)C(C)(C)CCC1. The fourth-order valence-corrected chi connectivity index (χ4v) is 3.19. The molecule has 134 valence electrons. The van der Waals surface area contributed by atoms with Crippen LogP contribution in [0, 0.1) is 5.41 Å². The van der Waals surface area contributed by atoms with Crippen LogP contribution in [0.3, 0.4) is 0 Å². The minimum atomic E-state index is -0.590. The summed E-state index contributed by atoms with van der Waals surface area (Å²) in [7, 11) is 0. The molecule has 0 aromatic carbocycles. The van der Waals surface area contributed by atoms with Crippen molar-refractivity contribution >= 4 is 6.47 Å². The zero-order chi connectivity index (χ0) is 18.2. The zero-order valence-corrected chi connectivity index (χ0v) is 15.8. The Kier molecular flexibility index (Phi) is 8.20. The fourth-order valence-electron chi connectivity index (χ4n) is 3.19. The van der Waals surface area contributed by atoms with Crippen LogP contribution < -0.4 is 0 Å². The fraction of sp³-hybridized carbons (Fsp3) is 0.571. The summed E-state index contributed by atoms with van der Waals surface area (Å²) in [6.07, 6.45) is 11.6. The summed E-state index contributed by atoms with van der Waals surface area (Å²) in [5, 5.41) is 10.3. The predicted molar refractivity (Wildman–Crippen MR) is 99.6 cm³/mol. The number of ether oxygens (including phenoxy) is 1. The quantitative estimate of drug-likeness (QED) is 0.298. The Balaban J connectivity index is 2.68. The van der Waals surface area contributed by atoms with Crippen LogP contribution >= 0.6 is 0 Å². The van der Waals surface area contributed by atoms with E-state index in [4.69, 9.17) is 0 Å². The zero-order valence-electron chi connectivity index (χ0n) is 15.8. The van der Waals surface area contributed by atoms with E-state index in [1.807, 2.05) is 19.9 Å². The van der Waals surface area contributed by atoms with Gasteiger partial charge in [-0.15, -0.1) is 0 Å². The van der Waals surface area contributed by atoms with Crippen LogP contribution in [0.2, 0.25) is 0 Å². The van der Waals surface area contributed by atoms with Gasteiger partial charge in [-0.05, 0) is 63.5 Å². The van der Waals surface area contributed by atoms with E-state index in [0.29, 0.717) is 6.47 Å². The molecule has 3 heteroatoms. The summed E-state index contributed by atoms with van der Waals surface area (Å²) >= 11 is 0. The molecule has 0 heterocycles. The second-order valence-electron chi connectivity index (χ2n) is 7.33. The Morgan fingerprint density at radius 2 is 2.04 bits per heavy atom. The lowest BCUT2D eigenvalue weighted by Crippen LogP contribution is -2.20. The first kappa shape index (κ1) is 20.4. The van der Waals surface area contributed by atoms with E-state index in [9.17, 15) is 9.90 Å². The van der Waals surface area contributed by atoms with Crippen LogP contribution in [0.1, 0.15) is 60.3 Å². The molecular weight excluding hydrogens is 300 g/mol. The van der Waals surface area contributed by atoms with E-state index in [1.165, 1.54) is 30.4 Å². The van der Waals surface area contributed by atoms with Gasteiger partial charge in [0.05, 0.1) is 6.10 Å². The van der Waals surface area contributed by atoms with Crippen molar-refractivity contribution in [2.24, 2.45) is 5.41 Å². The van der Waals surface area contributed by atoms with E-state index in [2.05, 4.69) is 31.6 Å². The van der Waals surface area contributed by atoms with Crippen LogP contribution in [-0.4, -0.2) is 24.3 Å². The average molecular weight is 332 g/mol. The van der Waals surface area contributed by atoms with Gasteiger partial charge in [-0.1, -0.05) is 48.8 Å². The van der Waals surface area contributed by atoms with Gasteiger partial charge >= 0.3 is 0 Å². The molecule has 0 fully saturated rings. The number of aliphatic hydroxyl groups is 1. The molecule has 1 N–H and O–H groups in total. The van der Waals surface area contributed by atoms with E-state index in [1.54, 1.807) is 12.2 Å². The van der Waals surface area contributed by atoms with Gasteiger partial charge in [-0.25, -0.2) is 0 Å². The average Bonchev–Trinajstić information content (AvgIpc) is 2.51. The molecule has 0 spiro atoms. The van der Waals surface area contributed by atoms with Gasteiger partial charge in [0.2, 0.25) is 0 Å². The molecule has 24 heavy (non-hydrogen) atoms. The number of rotatable bonds is 8. The van der Waals surface area contributed by atoms with Gasteiger partial charge in [0.1, 0.15) is 6.61 Å². The smallest absolute Gasteiger partial charge is 0.293 e. The van der Waals surface area contributed by atoms with Gasteiger partial charge in [-0.3, -0.25) is 4.79 Å². The van der Waals surface area contributed by atoms with Gasteiger partial charge < -0.3 is 9.84 Å². The minimum Gasteiger partial charge on any atom is -0.464 e. The van der Waals surface area contributed by atoms with Crippen molar-refractivity contribution in [3.8, 4) is 0 Å². The first-order valence-corrected chi connectivity index (χ1v) is 8.72. The Hall–Kier alpha value is -1.61. The van der Waals surface area contributed by atoms with Crippen molar-refractivity contribution in [1.29, 1.82) is 0 Å². The molecule has 1 aliphatic rings. The normalized spacial score (nSPS) is 20.4. The van der Waals surface area contributed by atoms with Crippen LogP contribution in [0.15, 0.2) is 46.6 Å². The molecule has 0 aromatic heterocycles. The summed E-state index contributed by atoms with van der Waals surface area (Å²) in [5.41, 5.74) is 5.21. The minimum absolute atomic E-state index is 0.257. The van der Waals surface area contributed by atoms with Crippen LogP contribution in [0.5, 0.6) is 0 Å². The summed E-state index contributed by atoms with van der Waals surface area (Å²) in [5.74, 6) is 0. The molecule has 0 saturated carbocycles. The highest BCUT2D eigenvalue weighted by atomic mass is 16.5. The Morgan fingerprint density at radius 3 is 2.67 bits per heavy atom. The molecule has 0 saturated heterocycles. The highest BCUT2D eigenvalue weighted by Crippen LogP contribution is 2.42. The summed E-state index contributed by atoms with van der Waals surface area (Å²) < 4.78 is 4.62. The van der Waals surface area contributed by atoms with Crippen molar-refractivity contribution in [2.45, 2.75) is 66.4 Å². The molecule has 0 aromatic rings. The van der Waals surface area contributed by atoms with Crippen LogP contribution in [0.25, 0.3) is 0 Å². The largest absolute Gasteiger partial charge is 0.464 e. The van der Waals surface area contributed by atoms with Crippen molar-refractivity contribution < 1.29 is 14.6 Å². The van der Waals surface area contributed by atoms with E-state index >= 15 is 0 Å². The highest BCUT2D eigenvalue weighted by Gasteiger charge is 2.27. The maximum absolute atomic E-state index is 10.3. The Bertz CT molecular complexity index is 547. The third kappa shape index (κ3) is 6.48. The molecule has 0 bridgehead atoms. The first-order chi connectivity index (χ1) is 11.3. The topological polar surface area (TPSA) is 46.5 Å². The molecule has 0 radical (unpaired) electrons. The lowest BCUT2D eigenvalue weighted by atomic mass is 9.71. The number of hydrogen-bond acceptors (Lipinski definition) is 3. The number of carbonyl (C=O) groups is 1. The van der Waals surface area contributed by atoms with Gasteiger partial charge in [-0.2, -0.15) is 0 Å². The maximum Gasteiger partial charge on any atom is 0.293 e. The second-order valence-corrected chi connectivity index (χ2v) is 7.33. The summed E-state index contributed by atoms with van der Waals surface area (Å²) in [4.78, 5) is 10.1. The van der Waals surface area contributed by atoms with Crippen LogP contribution in [0.4, 0.5) is 0 Å². The van der Waals surface area contributed by atoms with Gasteiger partial charge in [0.15, 0.2) is 0 Å². The van der Waals surface area contributed by atoms with E-state index in [-0.39, 0.29) is 12.0 Å². The molecule has 1 aliphatic carbocycles. The number of allylic oxidation sites excluding steroid dienone is 5. The third-order valence-electron chi connectivity index (χ3n) is 4.89. The molecular formula is C21H32O3. The Labute approximate surface area is 146 Å². The maximum atomic E-state index is 10.3. The lowest BCUT2D eigenvalue weighted by molar-refractivity contribution is -0.127. The Morgan fingerprint density at radius 1 is 1.33 bits per heavy atom. The van der Waals surface area contributed by atoms with Crippen molar-refractivity contribution in [2.75, 3.05) is 6.61 Å². The molecule has 1 atom stereocenters. The number of hydrogen-bond donors (Lipinski definition) is 1. The molecule has 1 rings (SSSR count). The monoisotopic (exact) mass is 332 g/mol.